The second-order valence-electron chi connectivity index (χ2n) is 5.37. The molecule has 0 spiro atoms. The number of carbonyl (C=O) groups excluding carboxylic acids is 2. The summed E-state index contributed by atoms with van der Waals surface area (Å²) in [7, 11) is 0. The summed E-state index contributed by atoms with van der Waals surface area (Å²) in [5.74, 6) is -0.0530. The minimum absolute atomic E-state index is 0.0795. The molecule has 1 aliphatic carbocycles. The Morgan fingerprint density at radius 3 is 2.61 bits per heavy atom. The van der Waals surface area contributed by atoms with Crippen LogP contribution in [0.1, 0.15) is 52.4 Å². The zero-order chi connectivity index (χ0) is 13.6. The van der Waals surface area contributed by atoms with Crippen LogP contribution in [0, 0.1) is 0 Å². The molecule has 4 N–H and O–H groups in total. The Labute approximate surface area is 109 Å². The number of rotatable bonds is 8. The van der Waals surface area contributed by atoms with E-state index in [0.717, 1.165) is 19.3 Å². The molecule has 1 saturated carbocycles. The highest BCUT2D eigenvalue weighted by atomic mass is 16.2. The van der Waals surface area contributed by atoms with Gasteiger partial charge in [0, 0.05) is 19.0 Å². The van der Waals surface area contributed by atoms with E-state index in [4.69, 9.17) is 5.73 Å². The van der Waals surface area contributed by atoms with Crippen LogP contribution in [0.3, 0.4) is 0 Å². The van der Waals surface area contributed by atoms with Crippen molar-refractivity contribution in [3.8, 4) is 0 Å². The van der Waals surface area contributed by atoms with Crippen molar-refractivity contribution >= 4 is 11.8 Å². The summed E-state index contributed by atoms with van der Waals surface area (Å²) in [4.78, 5) is 23.1. The summed E-state index contributed by atoms with van der Waals surface area (Å²) in [5.41, 5.74) is 5.10. The predicted molar refractivity (Wildman–Crippen MR) is 70.9 cm³/mol. The van der Waals surface area contributed by atoms with Gasteiger partial charge in [0.1, 0.15) is 0 Å². The van der Waals surface area contributed by atoms with Crippen molar-refractivity contribution in [3.05, 3.63) is 0 Å². The molecule has 0 bridgehead atoms. The monoisotopic (exact) mass is 255 g/mol. The lowest BCUT2D eigenvalue weighted by atomic mass is 9.96. The standard InChI is InChI=1S/C13H25N3O2/c1-3-8-13(2,14)12(18)15-9-4-5-11(17)16-10-6-7-10/h10H,3-9,14H2,1-2H3,(H,15,18)(H,16,17). The van der Waals surface area contributed by atoms with Crippen LogP contribution in [0.4, 0.5) is 0 Å². The Kier molecular flexibility index (Phi) is 5.59. The van der Waals surface area contributed by atoms with Gasteiger partial charge in [0.15, 0.2) is 0 Å². The molecule has 1 fully saturated rings. The first-order valence-electron chi connectivity index (χ1n) is 6.82. The van der Waals surface area contributed by atoms with Crippen molar-refractivity contribution in [1.82, 2.24) is 10.6 Å². The fourth-order valence-corrected chi connectivity index (χ4v) is 1.81. The quantitative estimate of drug-likeness (QED) is 0.558. The third-order valence-corrected chi connectivity index (χ3v) is 3.10. The molecule has 104 valence electrons. The molecule has 0 radical (unpaired) electrons. The molecule has 0 aliphatic heterocycles. The van der Waals surface area contributed by atoms with E-state index in [1.54, 1.807) is 6.92 Å². The van der Waals surface area contributed by atoms with Gasteiger partial charge in [0.25, 0.3) is 0 Å². The topological polar surface area (TPSA) is 84.2 Å². The minimum atomic E-state index is -0.801. The lowest BCUT2D eigenvalue weighted by Gasteiger charge is -2.22. The Hall–Kier alpha value is -1.10. The Bertz CT molecular complexity index is 299. The molecule has 1 unspecified atom stereocenters. The lowest BCUT2D eigenvalue weighted by Crippen LogP contribution is -2.51. The minimum Gasteiger partial charge on any atom is -0.354 e. The maximum absolute atomic E-state index is 11.8. The molecule has 5 heteroatoms. The number of amides is 2. The maximum atomic E-state index is 11.8. The van der Waals surface area contributed by atoms with Gasteiger partial charge in [-0.05, 0) is 32.6 Å². The maximum Gasteiger partial charge on any atom is 0.239 e. The summed E-state index contributed by atoms with van der Waals surface area (Å²) in [6, 6.07) is 0.406. The second kappa shape index (κ2) is 6.73. The molecule has 1 aliphatic rings. The lowest BCUT2D eigenvalue weighted by molar-refractivity contribution is -0.126. The Morgan fingerprint density at radius 1 is 1.39 bits per heavy atom. The molecule has 18 heavy (non-hydrogen) atoms. The van der Waals surface area contributed by atoms with Crippen LogP contribution >= 0.6 is 0 Å². The first kappa shape index (κ1) is 15.0. The average Bonchev–Trinajstić information content (AvgIpc) is 3.07. The van der Waals surface area contributed by atoms with Gasteiger partial charge in [-0.1, -0.05) is 13.3 Å². The fraction of sp³-hybridized carbons (Fsp3) is 0.846. The van der Waals surface area contributed by atoms with Gasteiger partial charge in [-0.15, -0.1) is 0 Å². The van der Waals surface area contributed by atoms with Crippen molar-refractivity contribution < 1.29 is 9.59 Å². The zero-order valence-corrected chi connectivity index (χ0v) is 11.4. The van der Waals surface area contributed by atoms with E-state index in [1.807, 2.05) is 6.92 Å². The van der Waals surface area contributed by atoms with Crippen molar-refractivity contribution in [1.29, 1.82) is 0 Å². The summed E-state index contributed by atoms with van der Waals surface area (Å²) < 4.78 is 0. The van der Waals surface area contributed by atoms with Gasteiger partial charge in [-0.2, -0.15) is 0 Å². The number of nitrogens with one attached hydrogen (secondary N) is 2. The molecule has 0 aromatic rings. The summed E-state index contributed by atoms with van der Waals surface area (Å²) in [5, 5.41) is 5.70. The number of hydrogen-bond acceptors (Lipinski definition) is 3. The van der Waals surface area contributed by atoms with E-state index in [9.17, 15) is 9.59 Å². The molecule has 1 rings (SSSR count). The number of nitrogens with two attached hydrogens (primary N) is 1. The highest BCUT2D eigenvalue weighted by molar-refractivity contribution is 5.85. The van der Waals surface area contributed by atoms with Gasteiger partial charge in [0.2, 0.25) is 11.8 Å². The highest BCUT2D eigenvalue weighted by Gasteiger charge is 2.26. The van der Waals surface area contributed by atoms with Crippen molar-refractivity contribution in [2.45, 2.75) is 64.0 Å². The second-order valence-corrected chi connectivity index (χ2v) is 5.37. The normalized spacial score (nSPS) is 17.9. The van der Waals surface area contributed by atoms with E-state index in [2.05, 4.69) is 10.6 Å². The van der Waals surface area contributed by atoms with Gasteiger partial charge in [0.05, 0.1) is 5.54 Å². The third kappa shape index (κ3) is 5.49. The third-order valence-electron chi connectivity index (χ3n) is 3.10. The first-order valence-corrected chi connectivity index (χ1v) is 6.82. The van der Waals surface area contributed by atoms with Crippen LogP contribution in [0.15, 0.2) is 0 Å². The zero-order valence-electron chi connectivity index (χ0n) is 11.4. The largest absolute Gasteiger partial charge is 0.354 e. The number of carbonyl (C=O) groups is 2. The average molecular weight is 255 g/mol. The van der Waals surface area contributed by atoms with Crippen LogP contribution in [0.2, 0.25) is 0 Å². The first-order chi connectivity index (χ1) is 8.45. The van der Waals surface area contributed by atoms with Crippen LogP contribution in [-0.4, -0.2) is 29.9 Å². The molecule has 0 aromatic carbocycles. The smallest absolute Gasteiger partial charge is 0.239 e. The van der Waals surface area contributed by atoms with E-state index < -0.39 is 5.54 Å². The van der Waals surface area contributed by atoms with Crippen LogP contribution in [0.25, 0.3) is 0 Å². The fourth-order valence-electron chi connectivity index (χ4n) is 1.81. The Balaban J connectivity index is 2.09. The molecule has 5 nitrogen and oxygen atoms in total. The van der Waals surface area contributed by atoms with Crippen LogP contribution < -0.4 is 16.4 Å². The van der Waals surface area contributed by atoms with Crippen LogP contribution in [0.5, 0.6) is 0 Å². The highest BCUT2D eigenvalue weighted by Crippen LogP contribution is 2.18. The molecule has 1 atom stereocenters. The summed E-state index contributed by atoms with van der Waals surface area (Å²) in [6.07, 6.45) is 4.87. The van der Waals surface area contributed by atoms with E-state index in [-0.39, 0.29) is 11.8 Å². The van der Waals surface area contributed by atoms with Crippen LogP contribution in [-0.2, 0) is 9.59 Å². The van der Waals surface area contributed by atoms with Gasteiger partial charge >= 0.3 is 0 Å². The van der Waals surface area contributed by atoms with Crippen molar-refractivity contribution in [2.24, 2.45) is 5.73 Å². The SMILES string of the molecule is CCCC(C)(N)C(=O)NCCCC(=O)NC1CC1. The van der Waals surface area contributed by atoms with E-state index >= 15 is 0 Å². The van der Waals surface area contributed by atoms with E-state index in [1.165, 1.54) is 0 Å². The molecule has 2 amide bonds. The number of hydrogen-bond donors (Lipinski definition) is 3. The molecule has 0 heterocycles. The molecular formula is C13H25N3O2. The molecular weight excluding hydrogens is 230 g/mol. The Morgan fingerprint density at radius 2 is 2.06 bits per heavy atom. The summed E-state index contributed by atoms with van der Waals surface area (Å²) >= 11 is 0. The molecule has 0 aromatic heterocycles. The van der Waals surface area contributed by atoms with E-state index in [0.29, 0.717) is 31.8 Å². The predicted octanol–water partition coefficient (Wildman–Crippen LogP) is 0.679. The molecule has 0 saturated heterocycles. The van der Waals surface area contributed by atoms with Gasteiger partial charge < -0.3 is 16.4 Å². The summed E-state index contributed by atoms with van der Waals surface area (Å²) in [6.45, 7) is 4.25. The van der Waals surface area contributed by atoms with Crippen molar-refractivity contribution in [3.63, 3.8) is 0 Å². The van der Waals surface area contributed by atoms with Crippen molar-refractivity contribution in [2.75, 3.05) is 6.54 Å². The van der Waals surface area contributed by atoms with Gasteiger partial charge in [-0.3, -0.25) is 9.59 Å². The van der Waals surface area contributed by atoms with Gasteiger partial charge in [-0.25, -0.2) is 0 Å².